The molecule has 0 rings (SSSR count). The average Bonchev–Trinajstić information content (AvgIpc) is 2.34. The number of esters is 1. The highest BCUT2D eigenvalue weighted by Crippen LogP contribution is 2.06. The van der Waals surface area contributed by atoms with Crippen molar-refractivity contribution in [3.63, 3.8) is 0 Å². The number of carbonyl (C=O) groups is 1. The van der Waals surface area contributed by atoms with Crippen LogP contribution < -0.4 is 0 Å². The molecule has 0 unspecified atom stereocenters. The molecule has 0 amide bonds. The van der Waals surface area contributed by atoms with E-state index in [9.17, 15) is 4.79 Å². The van der Waals surface area contributed by atoms with Crippen molar-refractivity contribution in [2.75, 3.05) is 6.61 Å². The number of unbranched alkanes of at least 4 members (excludes halogenated alkanes) is 3. The van der Waals surface area contributed by atoms with Gasteiger partial charge in [0, 0.05) is 6.42 Å². The molecule has 0 aromatic heterocycles. The van der Waals surface area contributed by atoms with Gasteiger partial charge in [0.2, 0.25) is 0 Å². The van der Waals surface area contributed by atoms with Gasteiger partial charge in [-0.25, -0.2) is 0 Å². The highest BCUT2D eigenvalue weighted by Gasteiger charge is 2.05. The monoisotopic (exact) mass is 238 g/mol. The summed E-state index contributed by atoms with van der Waals surface area (Å²) in [5.74, 6) is 0.426. The van der Waals surface area contributed by atoms with Crippen molar-refractivity contribution >= 4 is 5.97 Å². The highest BCUT2D eigenvalue weighted by molar-refractivity contribution is 5.69. The Bertz CT molecular complexity index is 231. The zero-order valence-electron chi connectivity index (χ0n) is 11.3. The fourth-order valence-corrected chi connectivity index (χ4v) is 1.33. The predicted molar refractivity (Wildman–Crippen MR) is 72.8 cm³/mol. The van der Waals surface area contributed by atoms with Gasteiger partial charge in [0.15, 0.2) is 0 Å². The molecule has 0 saturated carbocycles. The third-order valence-electron chi connectivity index (χ3n) is 2.75. The Balaban J connectivity index is 3.33. The largest absolute Gasteiger partial charge is 0.465 e. The van der Waals surface area contributed by atoms with Gasteiger partial charge in [-0.05, 0) is 25.2 Å². The van der Waals surface area contributed by atoms with E-state index in [4.69, 9.17) is 4.74 Å². The lowest BCUT2D eigenvalue weighted by Crippen LogP contribution is -2.11. The van der Waals surface area contributed by atoms with E-state index in [-0.39, 0.29) is 5.97 Å². The molecule has 0 aliphatic rings. The molecule has 0 aliphatic heterocycles. The lowest BCUT2D eigenvalue weighted by Gasteiger charge is -2.09. The van der Waals surface area contributed by atoms with Crippen molar-refractivity contribution in [1.29, 1.82) is 0 Å². The molecule has 0 aromatic carbocycles. The molecule has 17 heavy (non-hydrogen) atoms. The molecule has 2 nitrogen and oxygen atoms in total. The third-order valence-corrected chi connectivity index (χ3v) is 2.75. The van der Waals surface area contributed by atoms with Gasteiger partial charge in [-0.1, -0.05) is 51.5 Å². The summed E-state index contributed by atoms with van der Waals surface area (Å²) in [5, 5.41) is 0. The standard InChI is InChI=1S/C15H26O2/c1-4-6-7-8-9-10-11-12-15(16)17-13-14(3)5-2/h4,6-7,14H,1,5,8-13H2,2-3H3/b7-6+/t14-/m1/s1. The first-order valence-corrected chi connectivity index (χ1v) is 6.63. The van der Waals surface area contributed by atoms with Crippen LogP contribution in [0.15, 0.2) is 24.8 Å². The topological polar surface area (TPSA) is 26.3 Å². The lowest BCUT2D eigenvalue weighted by molar-refractivity contribution is -0.145. The van der Waals surface area contributed by atoms with Crippen LogP contribution in [0.2, 0.25) is 0 Å². The van der Waals surface area contributed by atoms with E-state index in [1.807, 2.05) is 6.08 Å². The highest BCUT2D eigenvalue weighted by atomic mass is 16.5. The van der Waals surface area contributed by atoms with Crippen LogP contribution in [0.25, 0.3) is 0 Å². The molecule has 2 heteroatoms. The Morgan fingerprint density at radius 2 is 2.12 bits per heavy atom. The predicted octanol–water partition coefficient (Wildman–Crippen LogP) is 4.27. The number of rotatable bonds is 10. The average molecular weight is 238 g/mol. The van der Waals surface area contributed by atoms with Crippen LogP contribution in [0.5, 0.6) is 0 Å². The van der Waals surface area contributed by atoms with E-state index in [1.54, 1.807) is 6.08 Å². The van der Waals surface area contributed by atoms with Gasteiger partial charge in [0.1, 0.15) is 0 Å². The molecule has 0 N–H and O–H groups in total. The van der Waals surface area contributed by atoms with E-state index in [1.165, 1.54) is 0 Å². The van der Waals surface area contributed by atoms with E-state index in [2.05, 4.69) is 26.5 Å². The Kier molecular flexibility index (Phi) is 10.7. The second kappa shape index (κ2) is 11.4. The SMILES string of the molecule is C=C/C=C/CCCCCC(=O)OC[C@H](C)CC. The van der Waals surface area contributed by atoms with Crippen molar-refractivity contribution in [3.8, 4) is 0 Å². The lowest BCUT2D eigenvalue weighted by atomic mass is 10.1. The normalized spacial score (nSPS) is 12.6. The van der Waals surface area contributed by atoms with Crippen molar-refractivity contribution in [2.24, 2.45) is 5.92 Å². The molecule has 0 heterocycles. The summed E-state index contributed by atoms with van der Waals surface area (Å²) in [6, 6.07) is 0. The molecule has 0 saturated heterocycles. The summed E-state index contributed by atoms with van der Waals surface area (Å²) in [5.41, 5.74) is 0. The maximum atomic E-state index is 11.3. The van der Waals surface area contributed by atoms with E-state index in [0.717, 1.165) is 32.1 Å². The molecule has 0 aromatic rings. The molecular formula is C15H26O2. The summed E-state index contributed by atoms with van der Waals surface area (Å²) in [7, 11) is 0. The van der Waals surface area contributed by atoms with Crippen molar-refractivity contribution in [1.82, 2.24) is 0 Å². The second-order valence-corrected chi connectivity index (χ2v) is 4.46. The first-order valence-electron chi connectivity index (χ1n) is 6.63. The van der Waals surface area contributed by atoms with Gasteiger partial charge in [-0.15, -0.1) is 0 Å². The number of ether oxygens (including phenoxy) is 1. The molecule has 0 fully saturated rings. The summed E-state index contributed by atoms with van der Waals surface area (Å²) >= 11 is 0. The van der Waals surface area contributed by atoms with Gasteiger partial charge in [0.05, 0.1) is 6.61 Å². The van der Waals surface area contributed by atoms with Gasteiger partial charge >= 0.3 is 5.97 Å². The zero-order valence-corrected chi connectivity index (χ0v) is 11.3. The van der Waals surface area contributed by atoms with Crippen molar-refractivity contribution in [2.45, 2.75) is 52.4 Å². The summed E-state index contributed by atoms with van der Waals surface area (Å²) in [4.78, 5) is 11.3. The molecular weight excluding hydrogens is 212 g/mol. The van der Waals surface area contributed by atoms with Crippen LogP contribution >= 0.6 is 0 Å². The van der Waals surface area contributed by atoms with Crippen LogP contribution in [-0.2, 0) is 9.53 Å². The first-order chi connectivity index (χ1) is 8.20. The summed E-state index contributed by atoms with van der Waals surface area (Å²) < 4.78 is 5.17. The Morgan fingerprint density at radius 3 is 2.76 bits per heavy atom. The molecule has 1 atom stereocenters. The molecule has 0 aliphatic carbocycles. The van der Waals surface area contributed by atoms with E-state index < -0.39 is 0 Å². The minimum atomic E-state index is -0.0491. The van der Waals surface area contributed by atoms with Crippen LogP contribution in [0.3, 0.4) is 0 Å². The summed E-state index contributed by atoms with van der Waals surface area (Å²) in [6.45, 7) is 8.38. The fourth-order valence-electron chi connectivity index (χ4n) is 1.33. The van der Waals surface area contributed by atoms with Gasteiger partial charge in [-0.3, -0.25) is 4.79 Å². The fraction of sp³-hybridized carbons (Fsp3) is 0.667. The molecule has 98 valence electrons. The number of hydrogen-bond acceptors (Lipinski definition) is 2. The Hall–Kier alpha value is -1.05. The van der Waals surface area contributed by atoms with Crippen LogP contribution in [0, 0.1) is 5.92 Å². The maximum Gasteiger partial charge on any atom is 0.305 e. The number of carbonyl (C=O) groups excluding carboxylic acids is 1. The Morgan fingerprint density at radius 1 is 1.35 bits per heavy atom. The van der Waals surface area contributed by atoms with E-state index >= 15 is 0 Å². The van der Waals surface area contributed by atoms with Gasteiger partial charge in [-0.2, -0.15) is 0 Å². The van der Waals surface area contributed by atoms with Crippen LogP contribution in [-0.4, -0.2) is 12.6 Å². The molecule has 0 bridgehead atoms. The Labute approximate surface area is 106 Å². The van der Waals surface area contributed by atoms with Gasteiger partial charge < -0.3 is 4.74 Å². The quantitative estimate of drug-likeness (QED) is 0.323. The van der Waals surface area contributed by atoms with Crippen molar-refractivity contribution < 1.29 is 9.53 Å². The maximum absolute atomic E-state index is 11.3. The zero-order chi connectivity index (χ0) is 12.9. The molecule has 0 spiro atoms. The smallest absolute Gasteiger partial charge is 0.305 e. The third kappa shape index (κ3) is 11.2. The van der Waals surface area contributed by atoms with Crippen LogP contribution in [0.1, 0.15) is 52.4 Å². The molecule has 0 radical (unpaired) electrons. The van der Waals surface area contributed by atoms with E-state index in [0.29, 0.717) is 18.9 Å². The van der Waals surface area contributed by atoms with Crippen LogP contribution in [0.4, 0.5) is 0 Å². The second-order valence-electron chi connectivity index (χ2n) is 4.46. The van der Waals surface area contributed by atoms with Gasteiger partial charge in [0.25, 0.3) is 0 Å². The number of allylic oxidation sites excluding steroid dienone is 3. The first kappa shape index (κ1) is 16.0. The van der Waals surface area contributed by atoms with Crippen molar-refractivity contribution in [3.05, 3.63) is 24.8 Å². The minimum absolute atomic E-state index is 0.0491. The minimum Gasteiger partial charge on any atom is -0.465 e. The summed E-state index contributed by atoms with van der Waals surface area (Å²) in [6.07, 6.45) is 11.7. The number of hydrogen-bond donors (Lipinski definition) is 0.